The number of ether oxygens (including phenoxy) is 2. The number of hydrogen-bond donors (Lipinski definition) is 0. The van der Waals surface area contributed by atoms with Gasteiger partial charge in [-0.25, -0.2) is 0 Å². The Morgan fingerprint density at radius 3 is 2.70 bits per heavy atom. The lowest BCUT2D eigenvalue weighted by Crippen LogP contribution is -2.02. The van der Waals surface area contributed by atoms with Crippen LogP contribution in [0.5, 0.6) is 11.5 Å². The summed E-state index contributed by atoms with van der Waals surface area (Å²) in [5.41, 5.74) is 3.09. The Balaban J connectivity index is 2.32. The first-order chi connectivity index (χ1) is 11.2. The lowest BCUT2D eigenvalue weighted by atomic mass is 10.2. The molecule has 0 aliphatic carbocycles. The molecule has 4 heteroatoms. The fourth-order valence-corrected chi connectivity index (χ4v) is 2.84. The van der Waals surface area contributed by atoms with Crippen molar-refractivity contribution in [1.82, 2.24) is 0 Å². The average molecular weight is 421 g/mol. The van der Waals surface area contributed by atoms with Gasteiger partial charge in [-0.3, -0.25) is 4.99 Å². The number of aryl methyl sites for hydroxylation is 1. The van der Waals surface area contributed by atoms with Gasteiger partial charge in [-0.15, -0.1) is 0 Å². The van der Waals surface area contributed by atoms with Crippen molar-refractivity contribution in [1.29, 1.82) is 0 Å². The first-order valence-electron chi connectivity index (χ1n) is 7.45. The van der Waals surface area contributed by atoms with Gasteiger partial charge in [0.15, 0.2) is 11.5 Å². The molecule has 0 saturated heterocycles. The van der Waals surface area contributed by atoms with Crippen LogP contribution in [0, 0.1) is 10.5 Å². The van der Waals surface area contributed by atoms with Gasteiger partial charge in [-0.2, -0.15) is 0 Å². The molecule has 0 aliphatic rings. The van der Waals surface area contributed by atoms with Gasteiger partial charge >= 0.3 is 0 Å². The van der Waals surface area contributed by atoms with Gasteiger partial charge in [0.1, 0.15) is 6.61 Å². The summed E-state index contributed by atoms with van der Waals surface area (Å²) in [5.74, 6) is 1.48. The van der Waals surface area contributed by atoms with Crippen LogP contribution in [0.3, 0.4) is 0 Å². The Labute approximate surface area is 151 Å². The van der Waals surface area contributed by atoms with Crippen molar-refractivity contribution in [2.45, 2.75) is 13.8 Å². The molecule has 0 spiro atoms. The average Bonchev–Trinajstić information content (AvgIpc) is 2.54. The van der Waals surface area contributed by atoms with Gasteiger partial charge in [0.2, 0.25) is 0 Å². The van der Waals surface area contributed by atoms with E-state index in [-0.39, 0.29) is 0 Å². The van der Waals surface area contributed by atoms with E-state index in [1.165, 1.54) is 0 Å². The Morgan fingerprint density at radius 1 is 1.22 bits per heavy atom. The van der Waals surface area contributed by atoms with Crippen molar-refractivity contribution in [3.05, 3.63) is 63.8 Å². The van der Waals surface area contributed by atoms with E-state index in [2.05, 4.69) is 34.2 Å². The molecule has 0 radical (unpaired) electrons. The summed E-state index contributed by atoms with van der Waals surface area (Å²) in [5, 5.41) is 0. The Morgan fingerprint density at radius 2 is 2.00 bits per heavy atom. The summed E-state index contributed by atoms with van der Waals surface area (Å²) < 4.78 is 12.4. The third-order valence-corrected chi connectivity index (χ3v) is 3.95. The zero-order valence-corrected chi connectivity index (χ0v) is 15.5. The molecule has 0 atom stereocenters. The minimum Gasteiger partial charge on any atom is -0.490 e. The lowest BCUT2D eigenvalue weighted by molar-refractivity contribution is 0.295. The molecular weight excluding hydrogens is 401 g/mol. The number of benzene rings is 2. The van der Waals surface area contributed by atoms with Crippen LogP contribution in [-0.2, 0) is 0 Å². The van der Waals surface area contributed by atoms with E-state index in [1.807, 2.05) is 56.5 Å². The van der Waals surface area contributed by atoms with Gasteiger partial charge in [-0.1, -0.05) is 30.9 Å². The van der Waals surface area contributed by atoms with Crippen molar-refractivity contribution < 1.29 is 9.47 Å². The number of hydrogen-bond acceptors (Lipinski definition) is 3. The normalized spacial score (nSPS) is 10.7. The number of para-hydroxylation sites is 1. The zero-order chi connectivity index (χ0) is 16.7. The van der Waals surface area contributed by atoms with Gasteiger partial charge in [0.25, 0.3) is 0 Å². The predicted molar refractivity (Wildman–Crippen MR) is 104 cm³/mol. The first-order valence-corrected chi connectivity index (χ1v) is 8.53. The molecule has 0 amide bonds. The predicted octanol–water partition coefficient (Wildman–Crippen LogP) is 5.31. The van der Waals surface area contributed by atoms with E-state index >= 15 is 0 Å². The minimum absolute atomic E-state index is 0.451. The molecule has 0 aromatic heterocycles. The molecule has 0 fully saturated rings. The monoisotopic (exact) mass is 421 g/mol. The fourth-order valence-electron chi connectivity index (χ4n) is 2.06. The van der Waals surface area contributed by atoms with Gasteiger partial charge in [0.05, 0.1) is 15.9 Å². The van der Waals surface area contributed by atoms with Crippen LogP contribution < -0.4 is 9.47 Å². The summed E-state index contributed by atoms with van der Waals surface area (Å²) in [4.78, 5) is 4.57. The van der Waals surface area contributed by atoms with Crippen LogP contribution in [0.2, 0.25) is 0 Å². The van der Waals surface area contributed by atoms with E-state index in [4.69, 9.17) is 9.47 Å². The van der Waals surface area contributed by atoms with E-state index in [0.29, 0.717) is 13.2 Å². The summed E-state index contributed by atoms with van der Waals surface area (Å²) >= 11 is 2.25. The quantitative estimate of drug-likeness (QED) is 0.345. The van der Waals surface area contributed by atoms with E-state index in [9.17, 15) is 0 Å². The first kappa shape index (κ1) is 17.5. The van der Waals surface area contributed by atoms with Crippen molar-refractivity contribution in [3.8, 4) is 11.5 Å². The van der Waals surface area contributed by atoms with Crippen LogP contribution in [-0.4, -0.2) is 19.4 Å². The molecule has 3 nitrogen and oxygen atoms in total. The van der Waals surface area contributed by atoms with Crippen LogP contribution in [0.4, 0.5) is 5.69 Å². The molecule has 2 aromatic rings. The van der Waals surface area contributed by atoms with Crippen LogP contribution in [0.1, 0.15) is 18.1 Å². The zero-order valence-electron chi connectivity index (χ0n) is 13.4. The number of aliphatic imine (C=N–C) groups is 1. The topological polar surface area (TPSA) is 30.8 Å². The standard InChI is InChI=1S/C19H20INO2/c1-4-10-23-19-16(20)11-15(12-18(19)22-5-2)13-21-17-9-7-6-8-14(17)3/h4,6-9,11-13H,1,5,10H2,2-3H3. The molecule has 2 aromatic carbocycles. The van der Waals surface area contributed by atoms with Gasteiger partial charge in [0, 0.05) is 6.21 Å². The summed E-state index contributed by atoms with van der Waals surface area (Å²) in [7, 11) is 0. The molecule has 0 saturated carbocycles. The SMILES string of the molecule is C=CCOc1c(I)cc(C=Nc2ccccc2C)cc1OCC. The largest absolute Gasteiger partial charge is 0.490 e. The maximum absolute atomic E-state index is 5.71. The molecule has 0 heterocycles. The second kappa shape index (κ2) is 8.72. The fraction of sp³-hybridized carbons (Fsp3) is 0.211. The highest BCUT2D eigenvalue weighted by Gasteiger charge is 2.11. The lowest BCUT2D eigenvalue weighted by Gasteiger charge is -2.13. The Kier molecular flexibility index (Phi) is 6.65. The van der Waals surface area contributed by atoms with Crippen molar-refractivity contribution in [3.63, 3.8) is 0 Å². The van der Waals surface area contributed by atoms with Crippen molar-refractivity contribution >= 4 is 34.5 Å². The Bertz CT molecular complexity index is 711. The molecule has 0 bridgehead atoms. The molecule has 0 aliphatic heterocycles. The highest BCUT2D eigenvalue weighted by atomic mass is 127. The molecule has 2 rings (SSSR count). The molecule has 0 unspecified atom stereocenters. The van der Waals surface area contributed by atoms with Crippen LogP contribution in [0.25, 0.3) is 0 Å². The van der Waals surface area contributed by atoms with Crippen molar-refractivity contribution in [2.75, 3.05) is 13.2 Å². The second-order valence-electron chi connectivity index (χ2n) is 4.91. The van der Waals surface area contributed by atoms with E-state index in [1.54, 1.807) is 6.08 Å². The maximum atomic E-state index is 5.71. The van der Waals surface area contributed by atoms with Gasteiger partial charge in [-0.05, 0) is 65.8 Å². The summed E-state index contributed by atoms with van der Waals surface area (Å²) in [6.07, 6.45) is 3.57. The highest BCUT2D eigenvalue weighted by Crippen LogP contribution is 2.34. The molecule has 120 valence electrons. The third kappa shape index (κ3) is 4.82. The number of nitrogens with zero attached hydrogens (tertiary/aromatic N) is 1. The highest BCUT2D eigenvalue weighted by molar-refractivity contribution is 14.1. The smallest absolute Gasteiger partial charge is 0.174 e. The van der Waals surface area contributed by atoms with Crippen LogP contribution >= 0.6 is 22.6 Å². The maximum Gasteiger partial charge on any atom is 0.174 e. The van der Waals surface area contributed by atoms with Crippen molar-refractivity contribution in [2.24, 2.45) is 4.99 Å². The second-order valence-corrected chi connectivity index (χ2v) is 6.07. The summed E-state index contributed by atoms with van der Waals surface area (Å²) in [6.45, 7) is 8.72. The van der Waals surface area contributed by atoms with Crippen LogP contribution in [0.15, 0.2) is 54.0 Å². The van der Waals surface area contributed by atoms with E-state index in [0.717, 1.165) is 31.9 Å². The Hall–Kier alpha value is -1.82. The number of rotatable bonds is 7. The number of halogens is 1. The molecule has 0 N–H and O–H groups in total. The minimum atomic E-state index is 0.451. The third-order valence-electron chi connectivity index (χ3n) is 3.15. The molecular formula is C19H20INO2. The molecule has 23 heavy (non-hydrogen) atoms. The van der Waals surface area contributed by atoms with Gasteiger partial charge < -0.3 is 9.47 Å². The summed E-state index contributed by atoms with van der Waals surface area (Å²) in [6, 6.07) is 12.0. The van der Waals surface area contributed by atoms with E-state index < -0.39 is 0 Å².